The van der Waals surface area contributed by atoms with Gasteiger partial charge in [-0.05, 0) is 24.3 Å². The fourth-order valence-electron chi connectivity index (χ4n) is 1.45. The SMILES string of the molecule is O=C(CSc1ccccc1)c1ccccc1O. The fraction of sp³-hybridized carbons (Fsp3) is 0.0714. The molecule has 0 fully saturated rings. The Labute approximate surface area is 104 Å². The van der Waals surface area contributed by atoms with E-state index in [-0.39, 0.29) is 11.5 Å². The largest absolute Gasteiger partial charge is 0.507 e. The van der Waals surface area contributed by atoms with Crippen LogP contribution in [0.4, 0.5) is 0 Å². The van der Waals surface area contributed by atoms with Gasteiger partial charge in [-0.25, -0.2) is 0 Å². The average Bonchev–Trinajstić information content (AvgIpc) is 2.38. The molecule has 0 spiro atoms. The molecule has 2 aromatic rings. The third kappa shape index (κ3) is 3.11. The van der Waals surface area contributed by atoms with Gasteiger partial charge in [-0.1, -0.05) is 30.3 Å². The van der Waals surface area contributed by atoms with Crippen molar-refractivity contribution < 1.29 is 9.90 Å². The van der Waals surface area contributed by atoms with Crippen molar-refractivity contribution in [1.82, 2.24) is 0 Å². The highest BCUT2D eigenvalue weighted by Crippen LogP contribution is 2.22. The van der Waals surface area contributed by atoms with Crippen molar-refractivity contribution in [3.63, 3.8) is 0 Å². The van der Waals surface area contributed by atoms with Gasteiger partial charge in [0.15, 0.2) is 5.78 Å². The molecule has 1 N–H and O–H groups in total. The number of benzene rings is 2. The van der Waals surface area contributed by atoms with E-state index in [1.807, 2.05) is 30.3 Å². The van der Waals surface area contributed by atoms with Gasteiger partial charge < -0.3 is 5.11 Å². The van der Waals surface area contributed by atoms with Crippen molar-refractivity contribution in [2.24, 2.45) is 0 Å². The van der Waals surface area contributed by atoms with Crippen molar-refractivity contribution in [2.75, 3.05) is 5.75 Å². The number of hydrogen-bond donors (Lipinski definition) is 1. The minimum Gasteiger partial charge on any atom is -0.507 e. The van der Waals surface area contributed by atoms with Crippen LogP contribution in [0.1, 0.15) is 10.4 Å². The molecule has 3 heteroatoms. The highest BCUT2D eigenvalue weighted by Gasteiger charge is 2.10. The zero-order valence-electron chi connectivity index (χ0n) is 9.17. The average molecular weight is 244 g/mol. The lowest BCUT2D eigenvalue weighted by atomic mass is 10.1. The van der Waals surface area contributed by atoms with Crippen LogP contribution in [0.5, 0.6) is 5.75 Å². The van der Waals surface area contributed by atoms with E-state index in [1.165, 1.54) is 17.8 Å². The molecule has 0 aromatic heterocycles. The Kier molecular flexibility index (Phi) is 3.83. The van der Waals surface area contributed by atoms with Crippen molar-refractivity contribution in [3.05, 3.63) is 60.2 Å². The van der Waals surface area contributed by atoms with E-state index in [0.717, 1.165) is 4.90 Å². The number of carbonyl (C=O) groups excluding carboxylic acids is 1. The van der Waals surface area contributed by atoms with E-state index in [1.54, 1.807) is 18.2 Å². The quantitative estimate of drug-likeness (QED) is 0.662. The van der Waals surface area contributed by atoms with Gasteiger partial charge in [-0.3, -0.25) is 4.79 Å². The lowest BCUT2D eigenvalue weighted by Gasteiger charge is -2.03. The number of ketones is 1. The van der Waals surface area contributed by atoms with Gasteiger partial charge in [0.25, 0.3) is 0 Å². The number of phenols is 1. The fourth-order valence-corrected chi connectivity index (χ4v) is 2.26. The molecule has 0 atom stereocenters. The van der Waals surface area contributed by atoms with Crippen LogP contribution in [0.15, 0.2) is 59.5 Å². The standard InChI is InChI=1S/C14H12O2S/c15-13-9-5-4-8-12(13)14(16)10-17-11-6-2-1-3-7-11/h1-9,15H,10H2. The number of Topliss-reactive ketones (excluding diaryl/α,β-unsaturated/α-hetero) is 1. The molecule has 2 aromatic carbocycles. The molecule has 0 amide bonds. The van der Waals surface area contributed by atoms with Gasteiger partial charge in [0.1, 0.15) is 5.75 Å². The zero-order chi connectivity index (χ0) is 12.1. The summed E-state index contributed by atoms with van der Waals surface area (Å²) in [7, 11) is 0. The molecule has 0 bridgehead atoms. The molecular formula is C14H12O2S. The van der Waals surface area contributed by atoms with Crippen molar-refractivity contribution in [1.29, 1.82) is 0 Å². The number of hydrogen-bond acceptors (Lipinski definition) is 3. The predicted molar refractivity (Wildman–Crippen MR) is 69.6 cm³/mol. The molecule has 0 heterocycles. The van der Waals surface area contributed by atoms with Crippen LogP contribution in [0.25, 0.3) is 0 Å². The van der Waals surface area contributed by atoms with Gasteiger partial charge in [0, 0.05) is 4.90 Å². The van der Waals surface area contributed by atoms with E-state index in [2.05, 4.69) is 0 Å². The second kappa shape index (κ2) is 5.55. The van der Waals surface area contributed by atoms with Crippen LogP contribution < -0.4 is 0 Å². The Bertz CT molecular complexity index is 509. The summed E-state index contributed by atoms with van der Waals surface area (Å²) in [5.41, 5.74) is 0.385. The molecule has 0 aliphatic rings. The second-order valence-electron chi connectivity index (χ2n) is 3.54. The molecule has 0 radical (unpaired) electrons. The maximum Gasteiger partial charge on any atom is 0.176 e. The van der Waals surface area contributed by atoms with Gasteiger partial charge in [-0.2, -0.15) is 0 Å². The molecule has 0 aliphatic heterocycles. The Hall–Kier alpha value is -1.74. The smallest absolute Gasteiger partial charge is 0.176 e. The lowest BCUT2D eigenvalue weighted by Crippen LogP contribution is -2.02. The summed E-state index contributed by atoms with van der Waals surface area (Å²) in [6.07, 6.45) is 0. The van der Waals surface area contributed by atoms with Crippen molar-refractivity contribution in [3.8, 4) is 5.75 Å². The first-order valence-electron chi connectivity index (χ1n) is 5.26. The first-order valence-corrected chi connectivity index (χ1v) is 6.25. The molecule has 86 valence electrons. The third-order valence-corrected chi connectivity index (χ3v) is 3.33. The molecule has 0 unspecified atom stereocenters. The monoisotopic (exact) mass is 244 g/mol. The van der Waals surface area contributed by atoms with Gasteiger partial charge in [0.05, 0.1) is 11.3 Å². The Morgan fingerprint density at radius 1 is 1.00 bits per heavy atom. The van der Waals surface area contributed by atoms with E-state index in [9.17, 15) is 9.90 Å². The summed E-state index contributed by atoms with van der Waals surface area (Å²) in [5, 5.41) is 9.55. The van der Waals surface area contributed by atoms with Crippen molar-refractivity contribution in [2.45, 2.75) is 4.90 Å². The minimum atomic E-state index is -0.0584. The molecule has 0 saturated heterocycles. The molecule has 17 heavy (non-hydrogen) atoms. The van der Waals surface area contributed by atoms with E-state index in [0.29, 0.717) is 11.3 Å². The highest BCUT2D eigenvalue weighted by molar-refractivity contribution is 8.00. The summed E-state index contributed by atoms with van der Waals surface area (Å²) in [4.78, 5) is 12.9. The summed E-state index contributed by atoms with van der Waals surface area (Å²) in [6, 6.07) is 16.4. The molecular weight excluding hydrogens is 232 g/mol. The molecule has 0 aliphatic carbocycles. The van der Waals surface area contributed by atoms with Crippen molar-refractivity contribution >= 4 is 17.5 Å². The normalized spacial score (nSPS) is 10.1. The number of para-hydroxylation sites is 1. The molecule has 0 saturated carbocycles. The lowest BCUT2D eigenvalue weighted by molar-refractivity contribution is 0.102. The topological polar surface area (TPSA) is 37.3 Å². The van der Waals surface area contributed by atoms with Crippen LogP contribution in [0.2, 0.25) is 0 Å². The Morgan fingerprint density at radius 3 is 2.35 bits per heavy atom. The van der Waals surface area contributed by atoms with Gasteiger partial charge in [0.2, 0.25) is 0 Å². The number of phenolic OH excluding ortho intramolecular Hbond substituents is 1. The van der Waals surface area contributed by atoms with Crippen LogP contribution in [0, 0.1) is 0 Å². The van der Waals surface area contributed by atoms with Gasteiger partial charge in [-0.15, -0.1) is 11.8 Å². The Balaban J connectivity index is 2.01. The summed E-state index contributed by atoms with van der Waals surface area (Å²) in [5.74, 6) is 0.324. The first kappa shape index (κ1) is 11.7. The van der Waals surface area contributed by atoms with Crippen LogP contribution >= 0.6 is 11.8 Å². The van der Waals surface area contributed by atoms with E-state index in [4.69, 9.17) is 0 Å². The summed E-state index contributed by atoms with van der Waals surface area (Å²) >= 11 is 1.47. The second-order valence-corrected chi connectivity index (χ2v) is 4.59. The van der Waals surface area contributed by atoms with Crippen LogP contribution in [0.3, 0.4) is 0 Å². The van der Waals surface area contributed by atoms with Crippen LogP contribution in [-0.4, -0.2) is 16.6 Å². The van der Waals surface area contributed by atoms with E-state index < -0.39 is 0 Å². The first-order chi connectivity index (χ1) is 8.27. The molecule has 2 rings (SSSR count). The van der Waals surface area contributed by atoms with E-state index >= 15 is 0 Å². The summed E-state index contributed by atoms with van der Waals surface area (Å²) in [6.45, 7) is 0. The minimum absolute atomic E-state index is 0.0474. The number of thioether (sulfide) groups is 1. The number of aromatic hydroxyl groups is 1. The predicted octanol–water partition coefficient (Wildman–Crippen LogP) is 3.37. The van der Waals surface area contributed by atoms with Gasteiger partial charge >= 0.3 is 0 Å². The Morgan fingerprint density at radius 2 is 1.65 bits per heavy atom. The maximum atomic E-state index is 11.9. The summed E-state index contributed by atoms with van der Waals surface area (Å²) < 4.78 is 0. The van der Waals surface area contributed by atoms with Crippen LogP contribution in [-0.2, 0) is 0 Å². The third-order valence-electron chi connectivity index (χ3n) is 2.32. The maximum absolute atomic E-state index is 11.9. The number of rotatable bonds is 4. The highest BCUT2D eigenvalue weighted by atomic mass is 32.2. The molecule has 2 nitrogen and oxygen atoms in total. The zero-order valence-corrected chi connectivity index (χ0v) is 9.98. The number of carbonyl (C=O) groups is 1.